The second-order valence-electron chi connectivity index (χ2n) is 12.3. The van der Waals surface area contributed by atoms with Crippen molar-refractivity contribution in [3.05, 3.63) is 124 Å². The number of ether oxygens (including phenoxy) is 4. The van der Waals surface area contributed by atoms with Gasteiger partial charge in [-0.15, -0.1) is 5.01 Å². The Morgan fingerprint density at radius 1 is 0.694 bits per heavy atom. The van der Waals surface area contributed by atoms with E-state index in [1.54, 1.807) is 82.3 Å². The zero-order valence-electron chi connectivity index (χ0n) is 28.8. The first-order valence-electron chi connectivity index (χ1n) is 15.4. The maximum absolute atomic E-state index is 14.5. The monoisotopic (exact) mass is 668 g/mol. The molecule has 11 heteroatoms. The summed E-state index contributed by atoms with van der Waals surface area (Å²) < 4.78 is 22.0. The number of hydrogen-bond donors (Lipinski definition) is 1. The number of phenols is 1. The summed E-state index contributed by atoms with van der Waals surface area (Å²) in [4.78, 5) is 56.6. The zero-order valence-corrected chi connectivity index (χ0v) is 28.8. The van der Waals surface area contributed by atoms with Crippen molar-refractivity contribution in [3.8, 4) is 17.2 Å². The van der Waals surface area contributed by atoms with Crippen LogP contribution in [0.4, 0.5) is 4.79 Å². The van der Waals surface area contributed by atoms with Crippen LogP contribution in [0.2, 0.25) is 0 Å². The SMILES string of the molecule is COc1ccc(C(=O)OC(OC(=O)N(C(=O)c2cccc(OC)c2C)N(C(=O)c2cc(C)cc(C)c2)C(C)(C)C)c2ccccc2)cc1O. The largest absolute Gasteiger partial charge is 0.504 e. The van der Waals surface area contributed by atoms with Crippen LogP contribution in [0.15, 0.2) is 84.9 Å². The van der Waals surface area contributed by atoms with Gasteiger partial charge < -0.3 is 24.1 Å². The van der Waals surface area contributed by atoms with E-state index in [4.69, 9.17) is 18.9 Å². The highest BCUT2D eigenvalue weighted by atomic mass is 16.7. The summed E-state index contributed by atoms with van der Waals surface area (Å²) in [5.41, 5.74) is 1.39. The van der Waals surface area contributed by atoms with Crippen LogP contribution in [0, 0.1) is 20.8 Å². The molecule has 11 nitrogen and oxygen atoms in total. The van der Waals surface area contributed by atoms with E-state index in [9.17, 15) is 24.3 Å². The Bertz CT molecular complexity index is 1840. The predicted octanol–water partition coefficient (Wildman–Crippen LogP) is 7.33. The summed E-state index contributed by atoms with van der Waals surface area (Å²) >= 11 is 0. The van der Waals surface area contributed by atoms with Crippen molar-refractivity contribution >= 4 is 23.9 Å². The van der Waals surface area contributed by atoms with Crippen molar-refractivity contribution in [1.29, 1.82) is 0 Å². The van der Waals surface area contributed by atoms with Crippen molar-refractivity contribution in [3.63, 3.8) is 0 Å². The topological polar surface area (TPSA) is 132 Å². The number of nitrogens with zero attached hydrogens (tertiary/aromatic N) is 2. The van der Waals surface area contributed by atoms with Crippen LogP contribution < -0.4 is 9.47 Å². The number of carbonyl (C=O) groups is 4. The first-order chi connectivity index (χ1) is 23.2. The van der Waals surface area contributed by atoms with Gasteiger partial charge in [-0.1, -0.05) is 53.6 Å². The lowest BCUT2D eigenvalue weighted by atomic mass is 10.0. The summed E-state index contributed by atoms with van der Waals surface area (Å²) in [6.07, 6.45) is -2.97. The minimum atomic E-state index is -1.68. The number of esters is 1. The zero-order chi connectivity index (χ0) is 36.0. The number of benzene rings is 4. The van der Waals surface area contributed by atoms with E-state index in [2.05, 4.69) is 0 Å². The minimum Gasteiger partial charge on any atom is -0.504 e. The van der Waals surface area contributed by atoms with Gasteiger partial charge in [0, 0.05) is 22.3 Å². The molecule has 0 aromatic heterocycles. The van der Waals surface area contributed by atoms with E-state index in [1.807, 2.05) is 19.9 Å². The molecular weight excluding hydrogens is 628 g/mol. The molecule has 256 valence electrons. The number of hydrazine groups is 1. The van der Waals surface area contributed by atoms with Crippen LogP contribution in [0.3, 0.4) is 0 Å². The number of aromatic hydroxyl groups is 1. The molecular formula is C38H40N2O9. The average molecular weight is 669 g/mol. The molecule has 1 atom stereocenters. The molecule has 1 N–H and O–H groups in total. The van der Waals surface area contributed by atoms with Crippen molar-refractivity contribution in [1.82, 2.24) is 10.0 Å². The highest BCUT2D eigenvalue weighted by Gasteiger charge is 2.43. The molecule has 1 unspecified atom stereocenters. The Hall–Kier alpha value is -5.84. The third kappa shape index (κ3) is 8.18. The average Bonchev–Trinajstić information content (AvgIpc) is 3.05. The number of aryl methyl sites for hydroxylation is 2. The van der Waals surface area contributed by atoms with Crippen molar-refractivity contribution in [2.24, 2.45) is 0 Å². The molecule has 0 saturated carbocycles. The molecule has 0 heterocycles. The number of carbonyl (C=O) groups excluding carboxylic acids is 4. The Morgan fingerprint density at radius 3 is 1.90 bits per heavy atom. The third-order valence-corrected chi connectivity index (χ3v) is 7.50. The lowest BCUT2D eigenvalue weighted by Gasteiger charge is -2.42. The van der Waals surface area contributed by atoms with Crippen molar-refractivity contribution < 1.29 is 43.2 Å². The Balaban J connectivity index is 1.84. The fraction of sp³-hybridized carbons (Fsp3) is 0.263. The molecule has 0 aliphatic carbocycles. The maximum Gasteiger partial charge on any atom is 0.439 e. The van der Waals surface area contributed by atoms with E-state index < -0.39 is 35.7 Å². The van der Waals surface area contributed by atoms with Gasteiger partial charge in [0.25, 0.3) is 18.1 Å². The summed E-state index contributed by atoms with van der Waals surface area (Å²) in [6, 6.07) is 22.0. The van der Waals surface area contributed by atoms with Gasteiger partial charge in [-0.3, -0.25) is 9.59 Å². The van der Waals surface area contributed by atoms with Gasteiger partial charge in [0.05, 0.1) is 25.3 Å². The Labute approximate surface area is 285 Å². The van der Waals surface area contributed by atoms with Crippen LogP contribution in [-0.4, -0.2) is 58.8 Å². The van der Waals surface area contributed by atoms with E-state index in [0.29, 0.717) is 16.3 Å². The summed E-state index contributed by atoms with van der Waals surface area (Å²) in [7, 11) is 2.82. The molecule has 49 heavy (non-hydrogen) atoms. The number of hydrogen-bond acceptors (Lipinski definition) is 9. The number of methoxy groups -OCH3 is 2. The number of phenolic OH excluding ortho intramolecular Hbond substituents is 1. The Kier molecular flexibility index (Phi) is 11.0. The fourth-order valence-electron chi connectivity index (χ4n) is 5.25. The smallest absolute Gasteiger partial charge is 0.439 e. The fourth-order valence-corrected chi connectivity index (χ4v) is 5.25. The summed E-state index contributed by atoms with van der Waals surface area (Å²) in [5.74, 6) is -2.25. The molecule has 3 amide bonds. The van der Waals surface area contributed by atoms with E-state index in [1.165, 1.54) is 32.4 Å². The molecule has 0 aliphatic rings. The molecule has 4 aromatic rings. The highest BCUT2D eigenvalue weighted by Crippen LogP contribution is 2.31. The molecule has 0 radical (unpaired) electrons. The van der Waals surface area contributed by atoms with Crippen LogP contribution in [-0.2, 0) is 9.47 Å². The first-order valence-corrected chi connectivity index (χ1v) is 15.4. The van der Waals surface area contributed by atoms with Gasteiger partial charge in [0.1, 0.15) is 5.75 Å². The van der Waals surface area contributed by atoms with E-state index in [-0.39, 0.29) is 33.8 Å². The molecule has 4 aromatic carbocycles. The van der Waals surface area contributed by atoms with Gasteiger partial charge in [-0.25, -0.2) is 14.6 Å². The second kappa shape index (κ2) is 14.9. The van der Waals surface area contributed by atoms with Gasteiger partial charge in [0.2, 0.25) is 0 Å². The molecule has 0 fully saturated rings. The summed E-state index contributed by atoms with van der Waals surface area (Å²) in [6.45, 7) is 10.3. The lowest BCUT2D eigenvalue weighted by Crippen LogP contribution is -2.60. The predicted molar refractivity (Wildman–Crippen MR) is 181 cm³/mol. The standard InChI is InChI=1S/C38H40N2O9/c1-23-19-24(2)21-28(20-23)33(42)40(38(4,5)6)39(34(43)29-15-12-16-31(46-7)25(29)3)37(45)49-36(26-13-10-9-11-14-26)48-35(44)27-17-18-32(47-8)30(41)22-27/h9-22,36,41H,1-8H3. The van der Waals surface area contributed by atoms with Gasteiger partial charge in [0.15, 0.2) is 11.5 Å². The quantitative estimate of drug-likeness (QED) is 0.116. The van der Waals surface area contributed by atoms with Crippen molar-refractivity contribution in [2.75, 3.05) is 14.2 Å². The maximum atomic E-state index is 14.5. The van der Waals surface area contributed by atoms with E-state index in [0.717, 1.165) is 22.2 Å². The van der Waals surface area contributed by atoms with Gasteiger partial charge in [-0.2, -0.15) is 0 Å². The molecule has 0 aliphatic heterocycles. The first kappa shape index (κ1) is 36.0. The molecule has 0 bridgehead atoms. The highest BCUT2D eigenvalue weighted by molar-refractivity contribution is 6.07. The molecule has 0 saturated heterocycles. The van der Waals surface area contributed by atoms with Gasteiger partial charge >= 0.3 is 12.1 Å². The normalized spacial score (nSPS) is 11.6. The van der Waals surface area contributed by atoms with Crippen LogP contribution in [0.5, 0.6) is 17.2 Å². The van der Waals surface area contributed by atoms with Crippen LogP contribution in [0.25, 0.3) is 0 Å². The lowest BCUT2D eigenvalue weighted by molar-refractivity contribution is -0.102. The van der Waals surface area contributed by atoms with Gasteiger partial charge in [-0.05, 0) is 84.0 Å². The third-order valence-electron chi connectivity index (χ3n) is 7.50. The van der Waals surface area contributed by atoms with Crippen LogP contribution >= 0.6 is 0 Å². The minimum absolute atomic E-state index is 0.0588. The van der Waals surface area contributed by atoms with Crippen molar-refractivity contribution in [2.45, 2.75) is 53.4 Å². The summed E-state index contributed by atoms with van der Waals surface area (Å²) in [5, 5.41) is 11.9. The number of amides is 3. The van der Waals surface area contributed by atoms with E-state index >= 15 is 0 Å². The number of imide groups is 1. The molecule has 0 spiro atoms. The number of rotatable bonds is 8. The Morgan fingerprint density at radius 2 is 1.33 bits per heavy atom. The molecule has 4 rings (SSSR count). The van der Waals surface area contributed by atoms with Crippen LogP contribution in [0.1, 0.15) is 80.4 Å². The second-order valence-corrected chi connectivity index (χ2v) is 12.3.